The molecule has 2 N–H and O–H groups in total. The van der Waals surface area contributed by atoms with E-state index in [1.54, 1.807) is 0 Å². The summed E-state index contributed by atoms with van der Waals surface area (Å²) in [6, 6.07) is 8.57. The van der Waals surface area contributed by atoms with Gasteiger partial charge in [-0.15, -0.1) is 0 Å². The van der Waals surface area contributed by atoms with Crippen LogP contribution < -0.4 is 5.32 Å². The summed E-state index contributed by atoms with van der Waals surface area (Å²) in [6.07, 6.45) is 4.18. The van der Waals surface area contributed by atoms with Crippen molar-refractivity contribution in [2.75, 3.05) is 0 Å². The Balaban J connectivity index is 1.90. The summed E-state index contributed by atoms with van der Waals surface area (Å²) in [5.74, 6) is 0.235. The lowest BCUT2D eigenvalue weighted by Crippen LogP contribution is -2.45. The van der Waals surface area contributed by atoms with E-state index in [0.717, 1.165) is 31.2 Å². The van der Waals surface area contributed by atoms with Crippen molar-refractivity contribution >= 4 is 11.9 Å². The maximum Gasteiger partial charge on any atom is 0.326 e. The topological polar surface area (TPSA) is 66.4 Å². The fourth-order valence-electron chi connectivity index (χ4n) is 3.39. The molecule has 1 amide bonds. The van der Waals surface area contributed by atoms with E-state index in [9.17, 15) is 14.7 Å². The third-order valence-corrected chi connectivity index (χ3v) is 4.98. The first-order valence-electron chi connectivity index (χ1n) is 8.54. The van der Waals surface area contributed by atoms with E-state index in [1.165, 1.54) is 0 Å². The van der Waals surface area contributed by atoms with E-state index in [2.05, 4.69) is 19.2 Å². The molecule has 0 aromatic heterocycles. The van der Waals surface area contributed by atoms with Crippen LogP contribution in [0, 0.1) is 17.8 Å². The Morgan fingerprint density at radius 2 is 1.74 bits per heavy atom. The molecule has 0 unspecified atom stereocenters. The standard InChI is InChI=1S/C19H27NO3/c1-13(2)15-8-10-16(11-9-15)18(21)20-17(19(22)23)12-14-6-4-3-5-7-14/h3-7,13,15-17H,8-12H2,1-2H3,(H,20,21)(H,22,23)/t15-,16-,17-/m0/s1. The molecular formula is C19H27NO3. The van der Waals surface area contributed by atoms with Crippen LogP contribution in [0.25, 0.3) is 0 Å². The molecule has 1 aliphatic carbocycles. The van der Waals surface area contributed by atoms with Crippen molar-refractivity contribution in [2.45, 2.75) is 52.0 Å². The predicted octanol–water partition coefficient (Wildman–Crippen LogP) is 3.26. The molecule has 4 heteroatoms. The second kappa shape index (κ2) is 8.14. The van der Waals surface area contributed by atoms with E-state index >= 15 is 0 Å². The van der Waals surface area contributed by atoms with Crippen LogP contribution >= 0.6 is 0 Å². The molecule has 0 saturated heterocycles. The monoisotopic (exact) mass is 317 g/mol. The average molecular weight is 317 g/mol. The average Bonchev–Trinajstić information content (AvgIpc) is 2.55. The summed E-state index contributed by atoms with van der Waals surface area (Å²) >= 11 is 0. The summed E-state index contributed by atoms with van der Waals surface area (Å²) in [5.41, 5.74) is 0.920. The van der Waals surface area contributed by atoms with Gasteiger partial charge < -0.3 is 10.4 Å². The molecule has 1 saturated carbocycles. The molecule has 126 valence electrons. The number of hydrogen-bond acceptors (Lipinski definition) is 2. The lowest BCUT2D eigenvalue weighted by molar-refractivity contribution is -0.142. The zero-order valence-electron chi connectivity index (χ0n) is 14.0. The molecule has 0 radical (unpaired) electrons. The summed E-state index contributed by atoms with van der Waals surface area (Å²) in [4.78, 5) is 23.9. The number of carbonyl (C=O) groups excluding carboxylic acids is 1. The molecule has 0 heterocycles. The number of benzene rings is 1. The maximum atomic E-state index is 12.4. The largest absolute Gasteiger partial charge is 0.480 e. The SMILES string of the molecule is CC(C)[C@H]1CC[C@H](C(=O)N[C@@H](Cc2ccccc2)C(=O)O)CC1. The maximum absolute atomic E-state index is 12.4. The summed E-state index contributed by atoms with van der Waals surface area (Å²) < 4.78 is 0. The van der Waals surface area contributed by atoms with Crippen molar-refractivity contribution in [1.82, 2.24) is 5.32 Å². The van der Waals surface area contributed by atoms with Crippen LogP contribution in [-0.4, -0.2) is 23.0 Å². The second-order valence-electron chi connectivity index (χ2n) is 6.94. The molecule has 23 heavy (non-hydrogen) atoms. The highest BCUT2D eigenvalue weighted by atomic mass is 16.4. The lowest BCUT2D eigenvalue weighted by atomic mass is 9.76. The normalized spacial score (nSPS) is 22.6. The lowest BCUT2D eigenvalue weighted by Gasteiger charge is -2.30. The van der Waals surface area contributed by atoms with E-state index in [4.69, 9.17) is 0 Å². The molecule has 1 aromatic carbocycles. The number of hydrogen-bond donors (Lipinski definition) is 2. The Bertz CT molecular complexity index is 519. The highest BCUT2D eigenvalue weighted by Gasteiger charge is 2.30. The Labute approximate surface area is 138 Å². The Morgan fingerprint density at radius 1 is 1.13 bits per heavy atom. The first-order chi connectivity index (χ1) is 11.0. The summed E-state index contributed by atoms with van der Waals surface area (Å²) in [7, 11) is 0. The van der Waals surface area contributed by atoms with Gasteiger partial charge in [-0.2, -0.15) is 0 Å². The van der Waals surface area contributed by atoms with Gasteiger partial charge in [0, 0.05) is 12.3 Å². The fraction of sp³-hybridized carbons (Fsp3) is 0.579. The molecule has 1 fully saturated rings. The molecule has 2 rings (SSSR count). The Kier molecular flexibility index (Phi) is 6.20. The van der Waals surface area contributed by atoms with Crippen LogP contribution in [0.15, 0.2) is 30.3 Å². The van der Waals surface area contributed by atoms with Gasteiger partial charge in [-0.05, 0) is 43.1 Å². The third kappa shape index (κ3) is 5.08. The smallest absolute Gasteiger partial charge is 0.326 e. The van der Waals surface area contributed by atoms with Crippen molar-refractivity contribution in [2.24, 2.45) is 17.8 Å². The van der Waals surface area contributed by atoms with Crippen molar-refractivity contribution in [1.29, 1.82) is 0 Å². The zero-order chi connectivity index (χ0) is 16.8. The highest BCUT2D eigenvalue weighted by molar-refractivity contribution is 5.85. The molecule has 0 aliphatic heterocycles. The van der Waals surface area contributed by atoms with E-state index in [1.807, 2.05) is 30.3 Å². The van der Waals surface area contributed by atoms with E-state index in [-0.39, 0.29) is 11.8 Å². The minimum atomic E-state index is -0.974. The van der Waals surface area contributed by atoms with Crippen LogP contribution in [0.3, 0.4) is 0 Å². The number of rotatable bonds is 6. The van der Waals surface area contributed by atoms with E-state index < -0.39 is 12.0 Å². The van der Waals surface area contributed by atoms with Crippen molar-refractivity contribution in [3.8, 4) is 0 Å². The van der Waals surface area contributed by atoms with Crippen molar-refractivity contribution in [3.05, 3.63) is 35.9 Å². The number of carbonyl (C=O) groups is 2. The van der Waals surface area contributed by atoms with Gasteiger partial charge in [-0.1, -0.05) is 44.2 Å². The third-order valence-electron chi connectivity index (χ3n) is 4.98. The Hall–Kier alpha value is -1.84. The predicted molar refractivity (Wildman–Crippen MR) is 90.0 cm³/mol. The van der Waals surface area contributed by atoms with Gasteiger partial charge in [0.1, 0.15) is 6.04 Å². The minimum Gasteiger partial charge on any atom is -0.480 e. The van der Waals surface area contributed by atoms with Gasteiger partial charge in [0.05, 0.1) is 0 Å². The molecule has 0 bridgehead atoms. The number of carboxylic acids is 1. The quantitative estimate of drug-likeness (QED) is 0.846. The van der Waals surface area contributed by atoms with Crippen molar-refractivity contribution < 1.29 is 14.7 Å². The zero-order valence-corrected chi connectivity index (χ0v) is 14.0. The Morgan fingerprint density at radius 3 is 2.26 bits per heavy atom. The minimum absolute atomic E-state index is 0.0392. The summed E-state index contributed by atoms with van der Waals surface area (Å²) in [6.45, 7) is 4.46. The first-order valence-corrected chi connectivity index (χ1v) is 8.54. The summed E-state index contributed by atoms with van der Waals surface area (Å²) in [5, 5.41) is 12.1. The van der Waals surface area contributed by atoms with Crippen LogP contribution in [0.2, 0.25) is 0 Å². The number of carboxylic acid groups (broad SMARTS) is 1. The van der Waals surface area contributed by atoms with Crippen LogP contribution in [0.5, 0.6) is 0 Å². The molecular weight excluding hydrogens is 290 g/mol. The van der Waals surface area contributed by atoms with Gasteiger partial charge in [-0.25, -0.2) is 4.79 Å². The van der Waals surface area contributed by atoms with Crippen LogP contribution in [-0.2, 0) is 16.0 Å². The van der Waals surface area contributed by atoms with Crippen molar-refractivity contribution in [3.63, 3.8) is 0 Å². The molecule has 1 aliphatic rings. The van der Waals surface area contributed by atoms with Gasteiger partial charge in [-0.3, -0.25) is 4.79 Å². The molecule has 1 aromatic rings. The van der Waals surface area contributed by atoms with Gasteiger partial charge in [0.25, 0.3) is 0 Å². The highest BCUT2D eigenvalue weighted by Crippen LogP contribution is 2.33. The van der Waals surface area contributed by atoms with Gasteiger partial charge >= 0.3 is 5.97 Å². The van der Waals surface area contributed by atoms with E-state index in [0.29, 0.717) is 18.3 Å². The second-order valence-corrected chi connectivity index (χ2v) is 6.94. The molecule has 4 nitrogen and oxygen atoms in total. The fourth-order valence-corrected chi connectivity index (χ4v) is 3.39. The number of nitrogens with one attached hydrogen (secondary N) is 1. The number of aliphatic carboxylic acids is 1. The molecule has 0 spiro atoms. The van der Waals surface area contributed by atoms with Gasteiger partial charge in [0.2, 0.25) is 5.91 Å². The molecule has 1 atom stereocenters. The van der Waals surface area contributed by atoms with Gasteiger partial charge in [0.15, 0.2) is 0 Å². The first kappa shape index (κ1) is 17.5. The van der Waals surface area contributed by atoms with Crippen LogP contribution in [0.1, 0.15) is 45.1 Å². The van der Waals surface area contributed by atoms with Crippen LogP contribution in [0.4, 0.5) is 0 Å². The number of amides is 1.